The molecule has 0 aliphatic rings. The Labute approximate surface area is 181 Å². The van der Waals surface area contributed by atoms with Gasteiger partial charge in [-0.1, -0.05) is 6.07 Å². The molecule has 1 heterocycles. The lowest BCUT2D eigenvalue weighted by molar-refractivity contribution is -0.122. The first-order valence-corrected chi connectivity index (χ1v) is 11.0. The number of anilines is 1. The van der Waals surface area contributed by atoms with E-state index in [-0.39, 0.29) is 49.1 Å². The van der Waals surface area contributed by atoms with E-state index in [4.69, 9.17) is 0 Å². The maximum Gasteiger partial charge on any atom is 0.253 e. The van der Waals surface area contributed by atoms with Crippen molar-refractivity contribution in [2.45, 2.75) is 46.5 Å². The van der Waals surface area contributed by atoms with Crippen molar-refractivity contribution in [3.8, 4) is 0 Å². The van der Waals surface area contributed by atoms with Crippen LogP contribution in [0.2, 0.25) is 0 Å². The average Bonchev–Trinajstić information content (AvgIpc) is 3.18. The summed E-state index contributed by atoms with van der Waals surface area (Å²) < 4.78 is 0. The van der Waals surface area contributed by atoms with E-state index < -0.39 is 0 Å². The van der Waals surface area contributed by atoms with Crippen LogP contribution in [-0.4, -0.2) is 41.4 Å². The summed E-state index contributed by atoms with van der Waals surface area (Å²) in [5.74, 6) is -0.536. The number of hydrogen-bond donors (Lipinski definition) is 1. The van der Waals surface area contributed by atoms with E-state index in [1.165, 1.54) is 11.3 Å². The van der Waals surface area contributed by atoms with Gasteiger partial charge in [-0.15, -0.1) is 11.3 Å². The Kier molecular flexibility index (Phi) is 8.92. The van der Waals surface area contributed by atoms with Crippen LogP contribution in [0.3, 0.4) is 0 Å². The van der Waals surface area contributed by atoms with E-state index >= 15 is 0 Å². The van der Waals surface area contributed by atoms with Crippen molar-refractivity contribution < 1.29 is 19.2 Å². The van der Waals surface area contributed by atoms with Crippen LogP contribution >= 0.6 is 11.3 Å². The summed E-state index contributed by atoms with van der Waals surface area (Å²) in [6.07, 6.45) is 0.423. The van der Waals surface area contributed by atoms with Crippen LogP contribution in [0.15, 0.2) is 36.4 Å². The Bertz CT molecular complexity index is 915. The number of ketones is 2. The Balaban J connectivity index is 1.80. The Morgan fingerprint density at radius 3 is 2.27 bits per heavy atom. The summed E-state index contributed by atoms with van der Waals surface area (Å²) in [6, 6.07) is 10.4. The third-order valence-corrected chi connectivity index (χ3v) is 5.76. The number of carbonyl (C=O) groups excluding carboxylic acids is 4. The van der Waals surface area contributed by atoms with E-state index in [0.29, 0.717) is 29.2 Å². The van der Waals surface area contributed by atoms with E-state index in [1.54, 1.807) is 35.2 Å². The van der Waals surface area contributed by atoms with Gasteiger partial charge in [0.2, 0.25) is 5.91 Å². The van der Waals surface area contributed by atoms with Crippen LogP contribution in [0.5, 0.6) is 0 Å². The summed E-state index contributed by atoms with van der Waals surface area (Å²) in [7, 11) is 0. The van der Waals surface area contributed by atoms with Gasteiger partial charge >= 0.3 is 0 Å². The molecule has 30 heavy (non-hydrogen) atoms. The number of nitrogens with one attached hydrogen (secondary N) is 1. The van der Waals surface area contributed by atoms with E-state index in [1.807, 2.05) is 26.8 Å². The van der Waals surface area contributed by atoms with Crippen molar-refractivity contribution in [3.63, 3.8) is 0 Å². The highest BCUT2D eigenvalue weighted by atomic mass is 32.1. The fourth-order valence-electron chi connectivity index (χ4n) is 2.99. The van der Waals surface area contributed by atoms with Crippen LogP contribution in [0, 0.1) is 6.92 Å². The van der Waals surface area contributed by atoms with Gasteiger partial charge in [0.15, 0.2) is 5.78 Å². The first kappa shape index (κ1) is 23.5. The molecule has 6 nitrogen and oxygen atoms in total. The quantitative estimate of drug-likeness (QED) is 0.535. The van der Waals surface area contributed by atoms with Crippen molar-refractivity contribution >= 4 is 40.4 Å². The van der Waals surface area contributed by atoms with Crippen molar-refractivity contribution in [1.82, 2.24) is 4.90 Å². The normalized spacial score (nSPS) is 10.5. The zero-order chi connectivity index (χ0) is 22.1. The van der Waals surface area contributed by atoms with Crippen LogP contribution in [0.1, 0.15) is 64.4 Å². The van der Waals surface area contributed by atoms with Gasteiger partial charge in [-0.25, -0.2) is 0 Å². The summed E-state index contributed by atoms with van der Waals surface area (Å²) in [6.45, 7) is 6.99. The van der Waals surface area contributed by atoms with Crippen molar-refractivity contribution in [2.75, 3.05) is 18.4 Å². The minimum atomic E-state index is -0.295. The van der Waals surface area contributed by atoms with Gasteiger partial charge in [-0.3, -0.25) is 19.2 Å². The molecule has 0 saturated carbocycles. The van der Waals surface area contributed by atoms with Gasteiger partial charge in [0, 0.05) is 54.9 Å². The molecule has 0 fully saturated rings. The molecule has 0 aliphatic heterocycles. The second kappa shape index (κ2) is 11.4. The van der Waals surface area contributed by atoms with Gasteiger partial charge in [-0.2, -0.15) is 0 Å². The zero-order valence-electron chi connectivity index (χ0n) is 17.7. The first-order valence-electron chi connectivity index (χ1n) is 10.1. The number of carbonyl (C=O) groups is 4. The number of Topliss-reactive ketones (excluding diaryl/α,β-unsaturated/α-hetero) is 2. The molecule has 1 N–H and O–H groups in total. The summed E-state index contributed by atoms with van der Waals surface area (Å²) in [4.78, 5) is 52.2. The molecule has 1 aromatic heterocycles. The smallest absolute Gasteiger partial charge is 0.253 e. The molecule has 2 aromatic rings. The largest absolute Gasteiger partial charge is 0.339 e. The number of amides is 2. The lowest BCUT2D eigenvalue weighted by Crippen LogP contribution is -2.30. The van der Waals surface area contributed by atoms with Crippen molar-refractivity contribution in [2.24, 2.45) is 0 Å². The summed E-state index contributed by atoms with van der Waals surface area (Å²) in [5, 5.41) is 2.73. The number of aryl methyl sites for hydroxylation is 1. The summed E-state index contributed by atoms with van der Waals surface area (Å²) in [5.41, 5.74) is 1.03. The molecule has 0 bridgehead atoms. The molecular formula is C23H28N2O4S. The predicted molar refractivity (Wildman–Crippen MR) is 119 cm³/mol. The molecule has 7 heteroatoms. The minimum Gasteiger partial charge on any atom is -0.339 e. The molecule has 0 radical (unpaired) electrons. The second-order valence-corrected chi connectivity index (χ2v) is 8.27. The van der Waals surface area contributed by atoms with Gasteiger partial charge in [0.25, 0.3) is 5.91 Å². The monoisotopic (exact) mass is 428 g/mol. The maximum atomic E-state index is 12.4. The maximum absolute atomic E-state index is 12.4. The average molecular weight is 429 g/mol. The molecule has 160 valence electrons. The molecule has 0 saturated heterocycles. The third-order valence-electron chi connectivity index (χ3n) is 4.72. The van der Waals surface area contributed by atoms with Gasteiger partial charge < -0.3 is 10.2 Å². The number of benzene rings is 1. The van der Waals surface area contributed by atoms with Gasteiger partial charge in [0.1, 0.15) is 5.78 Å². The Morgan fingerprint density at radius 2 is 1.63 bits per heavy atom. The van der Waals surface area contributed by atoms with E-state index in [0.717, 1.165) is 4.88 Å². The fraction of sp³-hybridized carbons (Fsp3) is 0.391. The molecule has 0 spiro atoms. The van der Waals surface area contributed by atoms with Gasteiger partial charge in [-0.05, 0) is 51.1 Å². The predicted octanol–water partition coefficient (Wildman–Crippen LogP) is 4.49. The zero-order valence-corrected chi connectivity index (χ0v) is 18.5. The van der Waals surface area contributed by atoms with E-state index in [9.17, 15) is 19.2 Å². The van der Waals surface area contributed by atoms with Crippen LogP contribution in [-0.2, 0) is 9.59 Å². The second-order valence-electron chi connectivity index (χ2n) is 6.98. The van der Waals surface area contributed by atoms with Gasteiger partial charge in [0.05, 0.1) is 4.88 Å². The highest BCUT2D eigenvalue weighted by Gasteiger charge is 2.15. The molecule has 1 aromatic carbocycles. The van der Waals surface area contributed by atoms with E-state index in [2.05, 4.69) is 5.32 Å². The number of hydrogen-bond acceptors (Lipinski definition) is 5. The number of thiophene rings is 1. The van der Waals surface area contributed by atoms with Crippen LogP contribution in [0.25, 0.3) is 0 Å². The summed E-state index contributed by atoms with van der Waals surface area (Å²) >= 11 is 1.42. The molecule has 2 amide bonds. The van der Waals surface area contributed by atoms with Crippen LogP contribution in [0.4, 0.5) is 5.69 Å². The minimum absolute atomic E-state index is 0.0410. The van der Waals surface area contributed by atoms with Crippen molar-refractivity contribution in [1.29, 1.82) is 0 Å². The highest BCUT2D eigenvalue weighted by Crippen LogP contribution is 2.18. The molecular weight excluding hydrogens is 400 g/mol. The molecule has 0 aliphatic carbocycles. The SMILES string of the molecule is CCN(CC)C(=O)c1cccc(NC(=O)CCC(=O)CCC(=O)c2ccc(C)s2)c1. The lowest BCUT2D eigenvalue weighted by Gasteiger charge is -2.19. The lowest BCUT2D eigenvalue weighted by atomic mass is 10.1. The number of nitrogens with zero attached hydrogens (tertiary/aromatic N) is 1. The molecule has 0 unspecified atom stereocenters. The fourth-order valence-corrected chi connectivity index (χ4v) is 3.82. The molecule has 0 atom stereocenters. The Hall–Kier alpha value is -2.80. The third kappa shape index (κ3) is 6.91. The first-order chi connectivity index (χ1) is 14.3. The standard InChI is InChI=1S/C23H28N2O4S/c1-4-25(5-2)23(29)17-7-6-8-18(15-17)24-22(28)14-11-19(26)10-12-20(27)21-13-9-16(3)30-21/h6-9,13,15H,4-5,10-12,14H2,1-3H3,(H,24,28). The topological polar surface area (TPSA) is 83.6 Å². The Morgan fingerprint density at radius 1 is 0.933 bits per heavy atom. The van der Waals surface area contributed by atoms with Crippen LogP contribution < -0.4 is 5.32 Å². The van der Waals surface area contributed by atoms with Crippen molar-refractivity contribution in [3.05, 3.63) is 51.7 Å². The molecule has 2 rings (SSSR count). The number of rotatable bonds is 11. The highest BCUT2D eigenvalue weighted by molar-refractivity contribution is 7.14.